The largest absolute Gasteiger partial charge is 0.490 e. The SMILES string of the molecule is O=S(=O)(C1=Cc2ccccc2CC1)N1CCC[C@H]1c1ccc2c(c1)OCCCO2. The molecule has 0 N–H and O–H groups in total. The molecule has 0 amide bonds. The number of nitrogens with zero attached hydrogens (tertiary/aromatic N) is 1. The summed E-state index contributed by atoms with van der Waals surface area (Å²) in [5.41, 5.74) is 3.21. The Hall–Kier alpha value is -2.31. The minimum Gasteiger partial charge on any atom is -0.490 e. The van der Waals surface area contributed by atoms with Crippen LogP contribution in [0.2, 0.25) is 0 Å². The molecular weight excluding hydrogens is 386 g/mol. The molecule has 0 unspecified atom stereocenters. The van der Waals surface area contributed by atoms with Crippen LogP contribution in [-0.2, 0) is 16.4 Å². The fourth-order valence-electron chi connectivity index (χ4n) is 4.51. The summed E-state index contributed by atoms with van der Waals surface area (Å²) in [6.45, 7) is 1.82. The van der Waals surface area contributed by atoms with E-state index in [1.54, 1.807) is 4.31 Å². The monoisotopic (exact) mass is 411 g/mol. The molecule has 0 aromatic heterocycles. The van der Waals surface area contributed by atoms with Crippen LogP contribution in [0.15, 0.2) is 47.4 Å². The highest BCUT2D eigenvalue weighted by Crippen LogP contribution is 2.41. The van der Waals surface area contributed by atoms with Crippen molar-refractivity contribution in [2.75, 3.05) is 19.8 Å². The van der Waals surface area contributed by atoms with E-state index >= 15 is 0 Å². The molecule has 1 saturated heterocycles. The van der Waals surface area contributed by atoms with Gasteiger partial charge in [0.1, 0.15) is 0 Å². The highest BCUT2D eigenvalue weighted by molar-refractivity contribution is 7.93. The highest BCUT2D eigenvalue weighted by Gasteiger charge is 2.38. The van der Waals surface area contributed by atoms with E-state index in [1.807, 2.05) is 42.5 Å². The number of sulfonamides is 1. The zero-order valence-electron chi connectivity index (χ0n) is 16.3. The van der Waals surface area contributed by atoms with E-state index in [4.69, 9.17) is 9.47 Å². The van der Waals surface area contributed by atoms with Gasteiger partial charge in [-0.05, 0) is 60.6 Å². The summed E-state index contributed by atoms with van der Waals surface area (Å²) in [6, 6.07) is 13.7. The van der Waals surface area contributed by atoms with Gasteiger partial charge in [-0.25, -0.2) is 8.42 Å². The van der Waals surface area contributed by atoms with Crippen LogP contribution in [0, 0.1) is 0 Å². The molecule has 6 heteroatoms. The van der Waals surface area contributed by atoms with Gasteiger partial charge in [-0.3, -0.25) is 0 Å². The first kappa shape index (κ1) is 18.7. The van der Waals surface area contributed by atoms with E-state index in [0.29, 0.717) is 31.1 Å². The number of allylic oxidation sites excluding steroid dienone is 1. The van der Waals surface area contributed by atoms with Crippen LogP contribution < -0.4 is 9.47 Å². The van der Waals surface area contributed by atoms with Crippen LogP contribution in [0.4, 0.5) is 0 Å². The van der Waals surface area contributed by atoms with Gasteiger partial charge in [0.25, 0.3) is 0 Å². The minimum absolute atomic E-state index is 0.157. The molecule has 5 nitrogen and oxygen atoms in total. The number of hydrogen-bond acceptors (Lipinski definition) is 4. The van der Waals surface area contributed by atoms with E-state index in [-0.39, 0.29) is 6.04 Å². The van der Waals surface area contributed by atoms with Crippen LogP contribution in [-0.4, -0.2) is 32.5 Å². The van der Waals surface area contributed by atoms with Gasteiger partial charge in [0.15, 0.2) is 11.5 Å². The molecule has 1 aliphatic carbocycles. The van der Waals surface area contributed by atoms with Crippen molar-refractivity contribution in [3.8, 4) is 11.5 Å². The molecule has 3 aliphatic rings. The summed E-state index contributed by atoms with van der Waals surface area (Å²) in [4.78, 5) is 0.525. The second kappa shape index (κ2) is 7.50. The summed E-state index contributed by atoms with van der Waals surface area (Å²) in [5.74, 6) is 1.46. The zero-order valence-corrected chi connectivity index (χ0v) is 17.2. The van der Waals surface area contributed by atoms with Crippen molar-refractivity contribution in [1.29, 1.82) is 0 Å². The van der Waals surface area contributed by atoms with Crippen molar-refractivity contribution >= 4 is 16.1 Å². The average Bonchev–Trinajstić information content (AvgIpc) is 3.13. The quantitative estimate of drug-likeness (QED) is 0.756. The average molecular weight is 412 g/mol. The van der Waals surface area contributed by atoms with Crippen LogP contribution in [0.1, 0.15) is 48.4 Å². The normalized spacial score (nSPS) is 21.9. The number of fused-ring (bicyclic) bond motifs is 2. The molecular formula is C23H25NO4S. The first-order valence-electron chi connectivity index (χ1n) is 10.3. The van der Waals surface area contributed by atoms with Crippen molar-refractivity contribution in [3.05, 3.63) is 64.1 Å². The Balaban J connectivity index is 1.47. The Labute approximate surface area is 172 Å². The topological polar surface area (TPSA) is 55.8 Å². The molecule has 5 rings (SSSR count). The Morgan fingerprint density at radius 3 is 2.66 bits per heavy atom. The summed E-state index contributed by atoms with van der Waals surface area (Å²) >= 11 is 0. The third-order valence-electron chi connectivity index (χ3n) is 6.01. The van der Waals surface area contributed by atoms with Gasteiger partial charge in [0.05, 0.1) is 24.2 Å². The highest BCUT2D eigenvalue weighted by atomic mass is 32.2. The first-order chi connectivity index (χ1) is 14.1. The van der Waals surface area contributed by atoms with Gasteiger partial charge >= 0.3 is 0 Å². The van der Waals surface area contributed by atoms with Crippen LogP contribution >= 0.6 is 0 Å². The lowest BCUT2D eigenvalue weighted by molar-refractivity contribution is 0.296. The third kappa shape index (κ3) is 3.45. The van der Waals surface area contributed by atoms with E-state index in [2.05, 4.69) is 6.07 Å². The van der Waals surface area contributed by atoms with E-state index in [1.165, 1.54) is 5.56 Å². The van der Waals surface area contributed by atoms with Gasteiger partial charge in [0, 0.05) is 13.0 Å². The maximum absolute atomic E-state index is 13.5. The number of hydrogen-bond donors (Lipinski definition) is 0. The smallest absolute Gasteiger partial charge is 0.239 e. The van der Waals surface area contributed by atoms with Crippen LogP contribution in [0.25, 0.3) is 6.08 Å². The fraction of sp³-hybridized carbons (Fsp3) is 0.391. The fourth-order valence-corrected chi connectivity index (χ4v) is 6.38. The molecule has 1 fully saturated rings. The second-order valence-electron chi connectivity index (χ2n) is 7.84. The molecule has 0 saturated carbocycles. The molecule has 2 aromatic rings. The van der Waals surface area contributed by atoms with Gasteiger partial charge < -0.3 is 9.47 Å². The second-order valence-corrected chi connectivity index (χ2v) is 9.78. The Morgan fingerprint density at radius 1 is 0.931 bits per heavy atom. The molecule has 2 aromatic carbocycles. The lowest BCUT2D eigenvalue weighted by Crippen LogP contribution is -2.32. The number of rotatable bonds is 3. The van der Waals surface area contributed by atoms with Crippen LogP contribution in [0.3, 0.4) is 0 Å². The Morgan fingerprint density at radius 2 is 1.76 bits per heavy atom. The molecule has 0 spiro atoms. The lowest BCUT2D eigenvalue weighted by atomic mass is 9.98. The van der Waals surface area contributed by atoms with Crippen LogP contribution in [0.5, 0.6) is 11.5 Å². The summed E-state index contributed by atoms with van der Waals surface area (Å²) < 4.78 is 40.3. The number of benzene rings is 2. The molecule has 2 aliphatic heterocycles. The molecule has 152 valence electrons. The minimum atomic E-state index is -3.51. The zero-order chi connectivity index (χ0) is 19.8. The Kier molecular flexibility index (Phi) is 4.84. The standard InChI is InChI=1S/C23H25NO4S/c25-29(26,20-10-8-17-5-1-2-6-18(17)15-20)24-12-3-7-21(24)19-9-11-22-23(16-19)28-14-4-13-27-22/h1-2,5-6,9,11,15-16,21H,3-4,7-8,10,12-14H2/t21-/m0/s1. The van der Waals surface area contributed by atoms with E-state index in [0.717, 1.165) is 48.3 Å². The maximum atomic E-state index is 13.5. The third-order valence-corrected chi connectivity index (χ3v) is 8.05. The number of aryl methyl sites for hydroxylation is 1. The predicted octanol–water partition coefficient (Wildman–Crippen LogP) is 4.30. The molecule has 29 heavy (non-hydrogen) atoms. The summed E-state index contributed by atoms with van der Waals surface area (Å²) in [6.07, 6.45) is 5.72. The van der Waals surface area contributed by atoms with E-state index < -0.39 is 10.0 Å². The molecule has 0 bridgehead atoms. The summed E-state index contributed by atoms with van der Waals surface area (Å²) in [5, 5.41) is 0. The van der Waals surface area contributed by atoms with Gasteiger partial charge in [-0.2, -0.15) is 4.31 Å². The molecule has 0 radical (unpaired) electrons. The van der Waals surface area contributed by atoms with E-state index in [9.17, 15) is 8.42 Å². The van der Waals surface area contributed by atoms with Gasteiger partial charge in [0.2, 0.25) is 10.0 Å². The van der Waals surface area contributed by atoms with Crippen molar-refractivity contribution in [2.24, 2.45) is 0 Å². The predicted molar refractivity (Wildman–Crippen MR) is 112 cm³/mol. The van der Waals surface area contributed by atoms with Crippen molar-refractivity contribution < 1.29 is 17.9 Å². The number of ether oxygens (including phenoxy) is 2. The van der Waals surface area contributed by atoms with Gasteiger partial charge in [-0.1, -0.05) is 30.3 Å². The Bertz CT molecular complexity index is 1060. The maximum Gasteiger partial charge on any atom is 0.239 e. The first-order valence-corrected chi connectivity index (χ1v) is 11.8. The van der Waals surface area contributed by atoms with Gasteiger partial charge in [-0.15, -0.1) is 0 Å². The molecule has 2 heterocycles. The molecule has 1 atom stereocenters. The van der Waals surface area contributed by atoms with Crippen molar-refractivity contribution in [2.45, 2.75) is 38.1 Å². The lowest BCUT2D eigenvalue weighted by Gasteiger charge is -2.27. The van der Waals surface area contributed by atoms with Crippen molar-refractivity contribution in [1.82, 2.24) is 4.31 Å². The summed E-state index contributed by atoms with van der Waals surface area (Å²) in [7, 11) is -3.51. The van der Waals surface area contributed by atoms with Crippen molar-refractivity contribution in [3.63, 3.8) is 0 Å².